The molecule has 114 valence electrons. The van der Waals surface area contributed by atoms with Gasteiger partial charge in [0.1, 0.15) is 6.54 Å². The highest BCUT2D eigenvalue weighted by atomic mass is 32.2. The monoisotopic (exact) mass is 312 g/mol. The Morgan fingerprint density at radius 2 is 2.10 bits per heavy atom. The smallest absolute Gasteiger partial charge is 0.318 e. The van der Waals surface area contributed by atoms with Crippen molar-refractivity contribution in [1.82, 2.24) is 4.72 Å². The Morgan fingerprint density at radius 3 is 2.71 bits per heavy atom. The van der Waals surface area contributed by atoms with E-state index < -0.39 is 22.5 Å². The maximum Gasteiger partial charge on any atom is 0.318 e. The van der Waals surface area contributed by atoms with E-state index in [-0.39, 0.29) is 10.8 Å². The van der Waals surface area contributed by atoms with Crippen LogP contribution in [0.4, 0.5) is 5.69 Å². The molecule has 0 atom stereocenters. The van der Waals surface area contributed by atoms with Gasteiger partial charge < -0.3 is 10.0 Å². The first-order valence-corrected chi connectivity index (χ1v) is 7.92. The number of aliphatic carboxylic acids is 1. The van der Waals surface area contributed by atoms with Gasteiger partial charge in [0, 0.05) is 19.2 Å². The number of amides is 1. The molecule has 0 fully saturated rings. The molecule has 1 aromatic rings. The molecule has 21 heavy (non-hydrogen) atoms. The molecule has 1 aromatic carbocycles. The van der Waals surface area contributed by atoms with Crippen LogP contribution < -0.4 is 9.62 Å². The number of nitrogens with one attached hydrogen (secondary N) is 1. The van der Waals surface area contributed by atoms with Crippen LogP contribution in [0.15, 0.2) is 23.1 Å². The molecular formula is C13H16N2O5S. The molecular weight excluding hydrogens is 296 g/mol. The zero-order valence-corrected chi connectivity index (χ0v) is 12.3. The Hall–Kier alpha value is -1.93. The van der Waals surface area contributed by atoms with Crippen LogP contribution >= 0.6 is 0 Å². The van der Waals surface area contributed by atoms with Crippen LogP contribution in [0.5, 0.6) is 0 Å². The summed E-state index contributed by atoms with van der Waals surface area (Å²) in [6.45, 7) is 1.42. The predicted octanol–water partition coefficient (Wildman–Crippen LogP) is 0.349. The number of sulfonamides is 1. The third-order valence-corrected chi connectivity index (χ3v) is 4.67. The lowest BCUT2D eigenvalue weighted by atomic mass is 10.0. The number of hydrogen-bond acceptors (Lipinski definition) is 4. The van der Waals surface area contributed by atoms with E-state index >= 15 is 0 Å². The molecule has 0 aromatic heterocycles. The van der Waals surface area contributed by atoms with E-state index in [9.17, 15) is 18.0 Å². The summed E-state index contributed by atoms with van der Waals surface area (Å²) in [6, 6.07) is 4.46. The summed E-state index contributed by atoms with van der Waals surface area (Å²) in [5.41, 5.74) is 1.49. The van der Waals surface area contributed by atoms with Crippen molar-refractivity contribution in [2.45, 2.75) is 24.7 Å². The highest BCUT2D eigenvalue weighted by Crippen LogP contribution is 2.29. The zero-order valence-electron chi connectivity index (χ0n) is 11.5. The van der Waals surface area contributed by atoms with Crippen molar-refractivity contribution in [3.63, 3.8) is 0 Å². The van der Waals surface area contributed by atoms with Gasteiger partial charge in [0.25, 0.3) is 0 Å². The van der Waals surface area contributed by atoms with Crippen LogP contribution in [0.2, 0.25) is 0 Å². The average Bonchev–Trinajstić information content (AvgIpc) is 2.43. The second-order valence-electron chi connectivity index (χ2n) is 4.78. The third-order valence-electron chi connectivity index (χ3n) is 3.27. The number of carbonyl (C=O) groups is 2. The van der Waals surface area contributed by atoms with E-state index in [1.807, 2.05) is 4.72 Å². The fourth-order valence-electron chi connectivity index (χ4n) is 2.31. The lowest BCUT2D eigenvalue weighted by molar-refractivity contribution is -0.135. The topological polar surface area (TPSA) is 104 Å². The number of aryl methyl sites for hydroxylation is 1. The number of carboxylic acid groups (broad SMARTS) is 1. The van der Waals surface area contributed by atoms with Crippen LogP contribution in [0.1, 0.15) is 18.9 Å². The lowest BCUT2D eigenvalue weighted by Crippen LogP contribution is -2.34. The Bertz CT molecular complexity index is 684. The molecule has 0 radical (unpaired) electrons. The Morgan fingerprint density at radius 1 is 1.38 bits per heavy atom. The van der Waals surface area contributed by atoms with Crippen LogP contribution in [-0.2, 0) is 26.0 Å². The van der Waals surface area contributed by atoms with Crippen molar-refractivity contribution >= 4 is 27.6 Å². The average molecular weight is 312 g/mol. The molecule has 1 aliphatic rings. The fourth-order valence-corrected chi connectivity index (χ4v) is 3.33. The van der Waals surface area contributed by atoms with Crippen LogP contribution in [0, 0.1) is 0 Å². The van der Waals surface area contributed by atoms with E-state index in [0.29, 0.717) is 18.7 Å². The van der Waals surface area contributed by atoms with Crippen LogP contribution in [0.3, 0.4) is 0 Å². The van der Waals surface area contributed by atoms with Crippen molar-refractivity contribution in [2.75, 3.05) is 18.0 Å². The van der Waals surface area contributed by atoms with Crippen molar-refractivity contribution in [3.05, 3.63) is 23.8 Å². The largest absolute Gasteiger partial charge is 0.480 e. The Balaban J connectivity index is 2.33. The first-order chi connectivity index (χ1) is 9.81. The molecule has 0 saturated carbocycles. The summed E-state index contributed by atoms with van der Waals surface area (Å²) < 4.78 is 26.0. The second kappa shape index (κ2) is 5.82. The zero-order chi connectivity index (χ0) is 15.6. The van der Waals surface area contributed by atoms with Crippen molar-refractivity contribution in [2.24, 2.45) is 0 Å². The van der Waals surface area contributed by atoms with Gasteiger partial charge in [0.15, 0.2) is 0 Å². The summed E-state index contributed by atoms with van der Waals surface area (Å²) in [6.07, 6.45) is 1.44. The minimum atomic E-state index is -3.86. The number of hydrogen-bond donors (Lipinski definition) is 2. The van der Waals surface area contributed by atoms with Gasteiger partial charge in [-0.2, -0.15) is 4.72 Å². The number of carbonyl (C=O) groups excluding carboxylic acids is 1. The Kier molecular flexibility index (Phi) is 4.29. The highest BCUT2D eigenvalue weighted by molar-refractivity contribution is 7.89. The van der Waals surface area contributed by atoms with Gasteiger partial charge in [-0.15, -0.1) is 0 Å². The van der Waals surface area contributed by atoms with Crippen molar-refractivity contribution < 1.29 is 23.1 Å². The number of carboxylic acids is 1. The lowest BCUT2D eigenvalue weighted by Gasteiger charge is -2.28. The van der Waals surface area contributed by atoms with Crippen LogP contribution in [0.25, 0.3) is 0 Å². The minimum Gasteiger partial charge on any atom is -0.480 e. The van der Waals surface area contributed by atoms with Gasteiger partial charge in [-0.3, -0.25) is 9.59 Å². The summed E-state index contributed by atoms with van der Waals surface area (Å²) in [5.74, 6) is -1.34. The molecule has 0 spiro atoms. The number of nitrogens with zero attached hydrogens (tertiary/aromatic N) is 1. The SMILES string of the molecule is CC(=O)N1CCCc2cc(S(=O)(=O)NCC(=O)O)ccc21. The molecule has 7 nitrogen and oxygen atoms in total. The summed E-state index contributed by atoms with van der Waals surface area (Å²) in [4.78, 5) is 23.6. The molecule has 0 bridgehead atoms. The van der Waals surface area contributed by atoms with Gasteiger partial charge in [-0.05, 0) is 36.6 Å². The number of anilines is 1. The van der Waals surface area contributed by atoms with Gasteiger partial charge in [-0.1, -0.05) is 0 Å². The van der Waals surface area contributed by atoms with E-state index in [1.165, 1.54) is 19.1 Å². The summed E-state index contributed by atoms with van der Waals surface area (Å²) in [7, 11) is -3.86. The fraction of sp³-hybridized carbons (Fsp3) is 0.385. The van der Waals surface area contributed by atoms with Crippen LogP contribution in [-0.4, -0.2) is 38.5 Å². The molecule has 1 amide bonds. The number of fused-ring (bicyclic) bond motifs is 1. The molecule has 0 saturated heterocycles. The molecule has 8 heteroatoms. The molecule has 1 heterocycles. The normalized spacial score (nSPS) is 14.6. The summed E-state index contributed by atoms with van der Waals surface area (Å²) >= 11 is 0. The quantitative estimate of drug-likeness (QED) is 0.835. The molecule has 2 N–H and O–H groups in total. The first-order valence-electron chi connectivity index (χ1n) is 6.44. The summed E-state index contributed by atoms with van der Waals surface area (Å²) in [5, 5.41) is 8.54. The van der Waals surface area contributed by atoms with Gasteiger partial charge in [0.05, 0.1) is 4.90 Å². The van der Waals surface area contributed by atoms with E-state index in [4.69, 9.17) is 5.11 Å². The predicted molar refractivity (Wildman–Crippen MR) is 75.6 cm³/mol. The number of benzene rings is 1. The van der Waals surface area contributed by atoms with Crippen molar-refractivity contribution in [1.29, 1.82) is 0 Å². The van der Waals surface area contributed by atoms with E-state index in [0.717, 1.165) is 12.0 Å². The minimum absolute atomic E-state index is 0.00732. The molecule has 0 aliphatic carbocycles. The second-order valence-corrected chi connectivity index (χ2v) is 6.55. The molecule has 0 unspecified atom stereocenters. The van der Waals surface area contributed by atoms with E-state index in [1.54, 1.807) is 11.0 Å². The Labute approximate surface area is 122 Å². The van der Waals surface area contributed by atoms with Gasteiger partial charge in [0.2, 0.25) is 15.9 Å². The highest BCUT2D eigenvalue weighted by Gasteiger charge is 2.23. The molecule has 2 rings (SSSR count). The molecule has 1 aliphatic heterocycles. The van der Waals surface area contributed by atoms with E-state index in [2.05, 4.69) is 0 Å². The van der Waals surface area contributed by atoms with Gasteiger partial charge >= 0.3 is 5.97 Å². The maximum absolute atomic E-state index is 12.0. The standard InChI is InChI=1S/C13H16N2O5S/c1-9(16)15-6-2-3-10-7-11(4-5-12(10)15)21(19,20)14-8-13(17)18/h4-5,7,14H,2-3,6,8H2,1H3,(H,17,18). The van der Waals surface area contributed by atoms with Crippen molar-refractivity contribution in [3.8, 4) is 0 Å². The first kappa shape index (κ1) is 15.5. The number of rotatable bonds is 4. The van der Waals surface area contributed by atoms with Gasteiger partial charge in [-0.25, -0.2) is 8.42 Å². The maximum atomic E-state index is 12.0. The third kappa shape index (κ3) is 3.40.